The highest BCUT2D eigenvalue weighted by Gasteiger charge is 2.27. The molecule has 0 radical (unpaired) electrons. The number of rotatable bonds is 3. The van der Waals surface area contributed by atoms with E-state index in [2.05, 4.69) is 5.32 Å². The number of carbonyl (C=O) groups excluding carboxylic acids is 1. The van der Waals surface area contributed by atoms with Crippen molar-refractivity contribution in [3.63, 3.8) is 0 Å². The Balaban J connectivity index is 2.50. The van der Waals surface area contributed by atoms with Gasteiger partial charge in [0.25, 0.3) is 0 Å². The number of nitrogens with zero attached hydrogens (tertiary/aromatic N) is 1. The number of amides is 2. The Labute approximate surface area is 89.4 Å². The number of carboxylic acids is 1. The number of hydrogen-bond acceptors (Lipinski definition) is 2. The summed E-state index contributed by atoms with van der Waals surface area (Å²) in [5, 5.41) is 11.3. The molecule has 2 N–H and O–H groups in total. The molecule has 2 amide bonds. The Morgan fingerprint density at radius 1 is 1.60 bits per heavy atom. The van der Waals surface area contributed by atoms with E-state index >= 15 is 0 Å². The van der Waals surface area contributed by atoms with Crippen LogP contribution < -0.4 is 5.32 Å². The van der Waals surface area contributed by atoms with Gasteiger partial charge in [0.2, 0.25) is 0 Å². The molecule has 0 aromatic rings. The highest BCUT2D eigenvalue weighted by molar-refractivity contribution is 5.82. The standard InChI is InChI=1S/C10H18N2O3/c1-3-8(9(13)14)11-10(15)12-6-4-5-7(12)2/h7-8H,3-6H2,1-2H3,(H,11,15)(H,13,14)/t7?,8-/m1/s1. The summed E-state index contributed by atoms with van der Waals surface area (Å²) < 4.78 is 0. The van der Waals surface area contributed by atoms with E-state index in [1.807, 2.05) is 6.92 Å². The number of nitrogens with one attached hydrogen (secondary N) is 1. The molecule has 1 aliphatic rings. The largest absolute Gasteiger partial charge is 0.480 e. The molecule has 5 heteroatoms. The first kappa shape index (κ1) is 11.8. The van der Waals surface area contributed by atoms with Gasteiger partial charge < -0.3 is 15.3 Å². The molecule has 1 unspecified atom stereocenters. The lowest BCUT2D eigenvalue weighted by Gasteiger charge is -2.23. The summed E-state index contributed by atoms with van der Waals surface area (Å²) in [5.74, 6) is -0.974. The molecule has 15 heavy (non-hydrogen) atoms. The van der Waals surface area contributed by atoms with E-state index < -0.39 is 12.0 Å². The van der Waals surface area contributed by atoms with Gasteiger partial charge in [0, 0.05) is 12.6 Å². The molecule has 0 spiro atoms. The smallest absolute Gasteiger partial charge is 0.326 e. The Morgan fingerprint density at radius 2 is 2.27 bits per heavy atom. The second-order valence-corrected chi connectivity index (χ2v) is 3.93. The van der Waals surface area contributed by atoms with Gasteiger partial charge >= 0.3 is 12.0 Å². The molecule has 0 saturated carbocycles. The van der Waals surface area contributed by atoms with Crippen LogP contribution in [-0.2, 0) is 4.79 Å². The van der Waals surface area contributed by atoms with Gasteiger partial charge in [0.05, 0.1) is 0 Å². The predicted octanol–water partition coefficient (Wildman–Crippen LogP) is 1.04. The highest BCUT2D eigenvalue weighted by atomic mass is 16.4. The molecule has 86 valence electrons. The van der Waals surface area contributed by atoms with Crippen molar-refractivity contribution in [2.24, 2.45) is 0 Å². The van der Waals surface area contributed by atoms with Crippen LogP contribution in [0.25, 0.3) is 0 Å². The minimum Gasteiger partial charge on any atom is -0.480 e. The van der Waals surface area contributed by atoms with E-state index in [9.17, 15) is 9.59 Å². The maximum Gasteiger partial charge on any atom is 0.326 e. The lowest BCUT2D eigenvalue weighted by atomic mass is 10.2. The number of carbonyl (C=O) groups is 2. The van der Waals surface area contributed by atoms with Gasteiger partial charge in [0.15, 0.2) is 0 Å². The fraction of sp³-hybridized carbons (Fsp3) is 0.800. The van der Waals surface area contributed by atoms with Crippen LogP contribution in [0, 0.1) is 0 Å². The minimum absolute atomic E-state index is 0.219. The summed E-state index contributed by atoms with van der Waals surface area (Å²) in [6.45, 7) is 4.45. The number of likely N-dealkylation sites (tertiary alicyclic amines) is 1. The van der Waals surface area contributed by atoms with E-state index in [0.717, 1.165) is 19.4 Å². The van der Waals surface area contributed by atoms with Gasteiger partial charge in [0.1, 0.15) is 6.04 Å². The van der Waals surface area contributed by atoms with Crippen molar-refractivity contribution in [2.75, 3.05) is 6.54 Å². The highest BCUT2D eigenvalue weighted by Crippen LogP contribution is 2.16. The second-order valence-electron chi connectivity index (χ2n) is 3.93. The second kappa shape index (κ2) is 5.00. The van der Waals surface area contributed by atoms with E-state index in [4.69, 9.17) is 5.11 Å². The summed E-state index contributed by atoms with van der Waals surface area (Å²) in [4.78, 5) is 24.1. The molecule has 0 aliphatic carbocycles. The minimum atomic E-state index is -0.974. The topological polar surface area (TPSA) is 69.6 Å². The summed E-state index contributed by atoms with van der Waals surface area (Å²) in [6, 6.07) is -0.809. The van der Waals surface area contributed by atoms with Crippen molar-refractivity contribution in [3.05, 3.63) is 0 Å². The van der Waals surface area contributed by atoms with E-state index in [0.29, 0.717) is 6.42 Å². The molecular formula is C10H18N2O3. The Kier molecular flexibility index (Phi) is 3.94. The van der Waals surface area contributed by atoms with E-state index in [1.54, 1.807) is 11.8 Å². The number of hydrogen-bond donors (Lipinski definition) is 2. The summed E-state index contributed by atoms with van der Waals surface area (Å²) in [5.41, 5.74) is 0. The maximum absolute atomic E-state index is 11.7. The molecule has 1 heterocycles. The Bertz CT molecular complexity index is 255. The van der Waals surface area contributed by atoms with Crippen molar-refractivity contribution in [3.8, 4) is 0 Å². The first-order valence-electron chi connectivity index (χ1n) is 5.36. The average Bonchev–Trinajstić information content (AvgIpc) is 2.60. The normalized spacial score (nSPS) is 22.5. The van der Waals surface area contributed by atoms with Crippen LogP contribution in [0.15, 0.2) is 0 Å². The van der Waals surface area contributed by atoms with Gasteiger partial charge in [-0.2, -0.15) is 0 Å². The van der Waals surface area contributed by atoms with Gasteiger partial charge in [-0.25, -0.2) is 9.59 Å². The summed E-state index contributed by atoms with van der Waals surface area (Å²) in [6.07, 6.45) is 2.40. The maximum atomic E-state index is 11.7. The monoisotopic (exact) mass is 214 g/mol. The molecule has 1 aliphatic heterocycles. The zero-order valence-corrected chi connectivity index (χ0v) is 9.19. The SMILES string of the molecule is CC[C@@H](NC(=O)N1CCCC1C)C(=O)O. The number of carboxylic acid groups (broad SMARTS) is 1. The van der Waals surface area contributed by atoms with Crippen molar-refractivity contribution in [2.45, 2.75) is 45.2 Å². The molecular weight excluding hydrogens is 196 g/mol. The van der Waals surface area contributed by atoms with Crippen LogP contribution in [0.3, 0.4) is 0 Å². The summed E-state index contributed by atoms with van der Waals surface area (Å²) in [7, 11) is 0. The van der Waals surface area contributed by atoms with Crippen LogP contribution in [0.5, 0.6) is 0 Å². The van der Waals surface area contributed by atoms with Crippen LogP contribution in [-0.4, -0.2) is 40.6 Å². The zero-order valence-electron chi connectivity index (χ0n) is 9.19. The third-order valence-corrected chi connectivity index (χ3v) is 2.82. The third kappa shape index (κ3) is 2.84. The molecule has 0 aromatic heterocycles. The molecule has 0 aromatic carbocycles. The van der Waals surface area contributed by atoms with Crippen LogP contribution in [0.4, 0.5) is 4.79 Å². The lowest BCUT2D eigenvalue weighted by molar-refractivity contribution is -0.139. The van der Waals surface area contributed by atoms with Crippen molar-refractivity contribution >= 4 is 12.0 Å². The Hall–Kier alpha value is -1.26. The molecule has 0 bridgehead atoms. The first-order valence-corrected chi connectivity index (χ1v) is 5.36. The van der Waals surface area contributed by atoms with Crippen LogP contribution in [0.1, 0.15) is 33.1 Å². The molecule has 5 nitrogen and oxygen atoms in total. The first-order chi connectivity index (χ1) is 7.06. The van der Waals surface area contributed by atoms with Gasteiger partial charge in [-0.05, 0) is 26.2 Å². The third-order valence-electron chi connectivity index (χ3n) is 2.82. The predicted molar refractivity (Wildman–Crippen MR) is 55.6 cm³/mol. The molecule has 2 atom stereocenters. The van der Waals surface area contributed by atoms with Crippen molar-refractivity contribution < 1.29 is 14.7 Å². The number of urea groups is 1. The fourth-order valence-corrected chi connectivity index (χ4v) is 1.81. The fourth-order valence-electron chi connectivity index (χ4n) is 1.81. The molecule has 1 rings (SSSR count). The lowest BCUT2D eigenvalue weighted by Crippen LogP contribution is -2.48. The van der Waals surface area contributed by atoms with E-state index in [1.165, 1.54) is 0 Å². The molecule has 1 saturated heterocycles. The van der Waals surface area contributed by atoms with Crippen molar-refractivity contribution in [1.82, 2.24) is 10.2 Å². The summed E-state index contributed by atoms with van der Waals surface area (Å²) >= 11 is 0. The van der Waals surface area contributed by atoms with E-state index in [-0.39, 0.29) is 12.1 Å². The van der Waals surface area contributed by atoms with Crippen LogP contribution in [0.2, 0.25) is 0 Å². The van der Waals surface area contributed by atoms with Crippen molar-refractivity contribution in [1.29, 1.82) is 0 Å². The average molecular weight is 214 g/mol. The quantitative estimate of drug-likeness (QED) is 0.737. The molecule has 1 fully saturated rings. The van der Waals surface area contributed by atoms with Gasteiger partial charge in [-0.1, -0.05) is 6.92 Å². The Morgan fingerprint density at radius 3 is 2.67 bits per heavy atom. The van der Waals surface area contributed by atoms with Crippen LogP contribution >= 0.6 is 0 Å². The van der Waals surface area contributed by atoms with Gasteiger partial charge in [-0.3, -0.25) is 0 Å². The van der Waals surface area contributed by atoms with Gasteiger partial charge in [-0.15, -0.1) is 0 Å². The number of aliphatic carboxylic acids is 1. The zero-order chi connectivity index (χ0) is 11.4.